The molecular formula is C61H117NO5. The quantitative estimate of drug-likeness (QED) is 0.0321. The number of esters is 1. The second-order valence-electron chi connectivity index (χ2n) is 20.7. The minimum absolute atomic E-state index is 0.0126. The zero-order valence-electron chi connectivity index (χ0n) is 45.1. The van der Waals surface area contributed by atoms with E-state index in [0.29, 0.717) is 25.9 Å². The number of amides is 1. The maximum Gasteiger partial charge on any atom is 0.305 e. The summed E-state index contributed by atoms with van der Waals surface area (Å²) in [5, 5.41) is 23.3. The van der Waals surface area contributed by atoms with E-state index in [2.05, 4.69) is 43.5 Å². The molecule has 2 unspecified atom stereocenters. The lowest BCUT2D eigenvalue weighted by Crippen LogP contribution is -2.45. The standard InChI is InChI=1S/C61H117NO5/c1-3-5-7-9-11-13-15-17-19-20-21-22-23-26-29-33-37-41-45-49-53-59(64)58(57-63)62-60(65)54-50-46-42-38-34-30-27-24-28-32-36-40-44-48-52-56-67-61(66)55-51-47-43-39-35-31-25-18-16-14-12-10-8-6-4-2/h12,14,18,25,58-59,63-64H,3-11,13,15-17,19-24,26-57H2,1-2H3,(H,62,65)/b14-12-,25-18-. The molecule has 1 amide bonds. The van der Waals surface area contributed by atoms with E-state index in [0.717, 1.165) is 57.8 Å². The molecule has 0 heterocycles. The molecule has 6 nitrogen and oxygen atoms in total. The van der Waals surface area contributed by atoms with Crippen molar-refractivity contribution >= 4 is 11.9 Å². The van der Waals surface area contributed by atoms with Crippen molar-refractivity contribution in [3.63, 3.8) is 0 Å². The summed E-state index contributed by atoms with van der Waals surface area (Å²) >= 11 is 0. The van der Waals surface area contributed by atoms with Crippen LogP contribution in [0.3, 0.4) is 0 Å². The first kappa shape index (κ1) is 65.3. The van der Waals surface area contributed by atoms with E-state index in [4.69, 9.17) is 4.74 Å². The lowest BCUT2D eigenvalue weighted by molar-refractivity contribution is -0.143. The van der Waals surface area contributed by atoms with Crippen molar-refractivity contribution in [2.75, 3.05) is 13.2 Å². The monoisotopic (exact) mass is 944 g/mol. The summed E-state index contributed by atoms with van der Waals surface area (Å²) in [7, 11) is 0. The number of nitrogens with one attached hydrogen (secondary N) is 1. The predicted molar refractivity (Wildman–Crippen MR) is 292 cm³/mol. The summed E-state index contributed by atoms with van der Waals surface area (Å²) < 4.78 is 5.47. The van der Waals surface area contributed by atoms with Crippen LogP contribution in [0.15, 0.2) is 24.3 Å². The van der Waals surface area contributed by atoms with Crippen LogP contribution in [0.5, 0.6) is 0 Å². The van der Waals surface area contributed by atoms with Gasteiger partial charge >= 0.3 is 5.97 Å². The van der Waals surface area contributed by atoms with E-state index in [9.17, 15) is 19.8 Å². The van der Waals surface area contributed by atoms with Crippen molar-refractivity contribution in [3.8, 4) is 0 Å². The average molecular weight is 945 g/mol. The highest BCUT2D eigenvalue weighted by Crippen LogP contribution is 2.18. The maximum atomic E-state index is 12.5. The lowest BCUT2D eigenvalue weighted by Gasteiger charge is -2.22. The Morgan fingerprint density at radius 3 is 1.16 bits per heavy atom. The van der Waals surface area contributed by atoms with Gasteiger partial charge < -0.3 is 20.3 Å². The predicted octanol–water partition coefficient (Wildman–Crippen LogP) is 18.6. The number of hydrogen-bond acceptors (Lipinski definition) is 5. The number of ether oxygens (including phenoxy) is 1. The fraction of sp³-hybridized carbons (Fsp3) is 0.902. The van der Waals surface area contributed by atoms with Crippen LogP contribution < -0.4 is 5.32 Å². The minimum Gasteiger partial charge on any atom is -0.466 e. The number of aliphatic hydroxyl groups excluding tert-OH is 2. The van der Waals surface area contributed by atoms with Crippen LogP contribution in [0, 0.1) is 0 Å². The number of aliphatic hydroxyl groups is 2. The first-order chi connectivity index (χ1) is 33.0. The van der Waals surface area contributed by atoms with E-state index in [-0.39, 0.29) is 18.5 Å². The van der Waals surface area contributed by atoms with E-state index in [1.807, 2.05) is 0 Å². The van der Waals surface area contributed by atoms with Crippen LogP contribution in [-0.4, -0.2) is 47.4 Å². The molecule has 0 saturated heterocycles. The normalized spacial score (nSPS) is 12.7. The Kier molecular flexibility index (Phi) is 55.5. The highest BCUT2D eigenvalue weighted by atomic mass is 16.5. The van der Waals surface area contributed by atoms with Gasteiger partial charge in [-0.05, 0) is 57.8 Å². The van der Waals surface area contributed by atoms with Gasteiger partial charge in [0.15, 0.2) is 0 Å². The Morgan fingerprint density at radius 1 is 0.418 bits per heavy atom. The van der Waals surface area contributed by atoms with Gasteiger partial charge in [0, 0.05) is 12.8 Å². The number of carbonyl (C=O) groups is 2. The molecule has 0 aromatic heterocycles. The van der Waals surface area contributed by atoms with Crippen molar-refractivity contribution in [2.45, 2.75) is 341 Å². The Hall–Kier alpha value is -1.66. The van der Waals surface area contributed by atoms with Crippen LogP contribution in [0.25, 0.3) is 0 Å². The summed E-state index contributed by atoms with van der Waals surface area (Å²) in [6, 6.07) is -0.549. The summed E-state index contributed by atoms with van der Waals surface area (Å²) in [6.45, 7) is 4.92. The molecule has 6 heteroatoms. The van der Waals surface area contributed by atoms with Gasteiger partial charge in [0.05, 0.1) is 25.4 Å². The molecule has 396 valence electrons. The molecule has 0 aliphatic rings. The van der Waals surface area contributed by atoms with Gasteiger partial charge in [-0.25, -0.2) is 0 Å². The van der Waals surface area contributed by atoms with Gasteiger partial charge in [0.2, 0.25) is 5.91 Å². The molecule has 0 saturated carbocycles. The van der Waals surface area contributed by atoms with E-state index in [1.54, 1.807) is 0 Å². The second-order valence-corrected chi connectivity index (χ2v) is 20.7. The topological polar surface area (TPSA) is 95.9 Å². The third-order valence-corrected chi connectivity index (χ3v) is 14.0. The fourth-order valence-corrected chi connectivity index (χ4v) is 9.38. The third-order valence-electron chi connectivity index (χ3n) is 14.0. The fourth-order valence-electron chi connectivity index (χ4n) is 9.38. The SMILES string of the molecule is CCCCC/C=C\C/C=C\CCCCCCCC(=O)OCCCCCCCCCCCCCCCCCC(=O)NC(CO)C(O)CCCCCCCCCCCCCCCCCCCCCC. The molecule has 0 bridgehead atoms. The van der Waals surface area contributed by atoms with Gasteiger partial charge in [-0.2, -0.15) is 0 Å². The first-order valence-corrected chi connectivity index (χ1v) is 30.1. The molecule has 0 fully saturated rings. The highest BCUT2D eigenvalue weighted by Gasteiger charge is 2.20. The van der Waals surface area contributed by atoms with Crippen molar-refractivity contribution in [1.82, 2.24) is 5.32 Å². The summed E-state index contributed by atoms with van der Waals surface area (Å²) in [4.78, 5) is 24.6. The van der Waals surface area contributed by atoms with Crippen LogP contribution in [0.4, 0.5) is 0 Å². The van der Waals surface area contributed by atoms with E-state index >= 15 is 0 Å². The molecule has 0 aromatic rings. The van der Waals surface area contributed by atoms with Crippen LogP contribution in [-0.2, 0) is 14.3 Å². The van der Waals surface area contributed by atoms with Gasteiger partial charge in [0.25, 0.3) is 0 Å². The molecule has 3 N–H and O–H groups in total. The lowest BCUT2D eigenvalue weighted by atomic mass is 10.0. The molecule has 0 aromatic carbocycles. The summed E-state index contributed by atoms with van der Waals surface area (Å²) in [5.74, 6) is -0.0537. The van der Waals surface area contributed by atoms with Crippen molar-refractivity contribution < 1.29 is 24.5 Å². The van der Waals surface area contributed by atoms with Crippen molar-refractivity contribution in [2.24, 2.45) is 0 Å². The minimum atomic E-state index is -0.671. The number of unbranched alkanes of at least 4 members (excludes halogenated alkanes) is 41. The van der Waals surface area contributed by atoms with Crippen LogP contribution in [0.1, 0.15) is 328 Å². The highest BCUT2D eigenvalue weighted by molar-refractivity contribution is 5.76. The Morgan fingerprint density at radius 2 is 0.746 bits per heavy atom. The molecule has 67 heavy (non-hydrogen) atoms. The van der Waals surface area contributed by atoms with Gasteiger partial charge in [-0.15, -0.1) is 0 Å². The molecule has 0 rings (SSSR count). The zero-order chi connectivity index (χ0) is 48.6. The van der Waals surface area contributed by atoms with E-state index < -0.39 is 12.1 Å². The largest absolute Gasteiger partial charge is 0.466 e. The summed E-state index contributed by atoms with van der Waals surface area (Å²) in [6.07, 6.45) is 68.8. The smallest absolute Gasteiger partial charge is 0.305 e. The average Bonchev–Trinajstić information content (AvgIpc) is 3.33. The van der Waals surface area contributed by atoms with Crippen LogP contribution >= 0.6 is 0 Å². The number of allylic oxidation sites excluding steroid dienone is 4. The third kappa shape index (κ3) is 53.5. The first-order valence-electron chi connectivity index (χ1n) is 30.1. The van der Waals surface area contributed by atoms with Crippen LogP contribution in [0.2, 0.25) is 0 Å². The van der Waals surface area contributed by atoms with Crippen molar-refractivity contribution in [3.05, 3.63) is 24.3 Å². The van der Waals surface area contributed by atoms with E-state index in [1.165, 1.54) is 238 Å². The summed E-state index contributed by atoms with van der Waals surface area (Å²) in [5.41, 5.74) is 0. The molecule has 2 atom stereocenters. The number of hydrogen-bond donors (Lipinski definition) is 3. The molecular weight excluding hydrogens is 827 g/mol. The van der Waals surface area contributed by atoms with Crippen molar-refractivity contribution in [1.29, 1.82) is 0 Å². The Bertz CT molecular complexity index is 1040. The second kappa shape index (κ2) is 56.9. The molecule has 0 aliphatic heterocycles. The molecule has 0 spiro atoms. The van der Waals surface area contributed by atoms with Gasteiger partial charge in [-0.3, -0.25) is 9.59 Å². The number of carbonyl (C=O) groups excluding carboxylic acids is 2. The Balaban J connectivity index is 3.44. The molecule has 0 aliphatic carbocycles. The van der Waals surface area contributed by atoms with Gasteiger partial charge in [-0.1, -0.05) is 282 Å². The molecule has 0 radical (unpaired) electrons. The maximum absolute atomic E-state index is 12.5. The number of rotatable bonds is 56. The zero-order valence-corrected chi connectivity index (χ0v) is 45.1. The van der Waals surface area contributed by atoms with Gasteiger partial charge in [0.1, 0.15) is 0 Å². The Labute approximate surface area is 418 Å².